The highest BCUT2D eigenvalue weighted by atomic mass is 35.5. The Labute approximate surface area is 508 Å². The zero-order valence-electron chi connectivity index (χ0n) is 48.1. The van der Waals surface area contributed by atoms with Crippen molar-refractivity contribution in [2.75, 3.05) is 74.9 Å². The number of pyridine rings is 1. The molecular weight excluding hydrogens is 1160 g/mol. The van der Waals surface area contributed by atoms with E-state index in [-0.39, 0.29) is 46.7 Å². The van der Waals surface area contributed by atoms with E-state index in [1.165, 1.54) is 52.9 Å². The van der Waals surface area contributed by atoms with Gasteiger partial charge in [0.05, 0.1) is 32.7 Å². The quantitative estimate of drug-likeness (QED) is 0.0172. The van der Waals surface area contributed by atoms with Crippen molar-refractivity contribution in [3.05, 3.63) is 146 Å². The number of thioether (sulfide) groups is 1. The second kappa shape index (κ2) is 25.8. The number of rotatable bonds is 21. The Kier molecular flexibility index (Phi) is 18.0. The summed E-state index contributed by atoms with van der Waals surface area (Å²) in [4.78, 5) is 92.9. The van der Waals surface area contributed by atoms with Gasteiger partial charge in [0.25, 0.3) is 33.4 Å². The van der Waals surface area contributed by atoms with Crippen molar-refractivity contribution in [3.63, 3.8) is 0 Å². The lowest BCUT2D eigenvalue weighted by atomic mass is 9.72. The summed E-state index contributed by atoms with van der Waals surface area (Å²) < 4.78 is 36.6. The Balaban J connectivity index is 0.688. The molecule has 3 fully saturated rings. The van der Waals surface area contributed by atoms with Crippen LogP contribution < -0.4 is 25.0 Å². The van der Waals surface area contributed by atoms with Crippen molar-refractivity contribution in [2.45, 2.75) is 93.9 Å². The molecule has 86 heavy (non-hydrogen) atoms. The maximum Gasteiger partial charge on any atom is 0.293 e. The lowest BCUT2D eigenvalue weighted by Crippen LogP contribution is -2.54. The van der Waals surface area contributed by atoms with Crippen molar-refractivity contribution in [1.82, 2.24) is 34.7 Å². The first kappa shape index (κ1) is 60.1. The fourth-order valence-corrected chi connectivity index (χ4v) is 14.6. The number of nitrogens with zero attached hydrogens (tertiary/aromatic N) is 6. The molecule has 0 radical (unpaired) electrons. The molecule has 2 atom stereocenters. The molecule has 5 aliphatic rings. The first-order valence-electron chi connectivity index (χ1n) is 29.3. The van der Waals surface area contributed by atoms with Crippen LogP contribution in [-0.4, -0.2) is 138 Å². The number of ether oxygens (including phenoxy) is 1. The van der Waals surface area contributed by atoms with Crippen molar-refractivity contribution in [3.8, 4) is 11.5 Å². The molecule has 450 valence electrons. The van der Waals surface area contributed by atoms with Crippen LogP contribution in [0.4, 0.5) is 17.1 Å². The molecule has 3 saturated heterocycles. The molecule has 2 aromatic heterocycles. The largest absolute Gasteiger partial charge is 0.455 e. The number of carbonyl (C=O) groups is 5. The number of nitro groups is 1. The number of aromatic nitrogens is 2. The number of amides is 5. The standard InChI is InChI=1S/C63H69ClN10O10S2/c1-63(2)23-21-43(50(35-63)41-11-13-44(64)14-12-41)39-71-27-29-72(30-28-71)45-15-17-48(54(33-45)84-46-32-42-22-24-65-58(42)67-37-46)59(76)69-86(82,83)47-16-18-51(53(34-47)74(80)81)66-36-40-8-7-26-70(38-40)25-4-3-5-31-85-55-10-6-9-49-57(55)62(79)73(61(49)78)52-19-20-56(75)68-60(52)77/h6,9-18,22,24,32-34,37,40,52,66H,3-5,7-8,19-21,23,25-31,35-36,38-39H2,1-2H3,(H,65,67)(H,69,76)(H,68,75,77). The van der Waals surface area contributed by atoms with Gasteiger partial charge in [-0.2, -0.15) is 0 Å². The number of piperazine rings is 1. The number of benzene rings is 4. The normalized spacial score (nSPS) is 19.4. The zero-order valence-corrected chi connectivity index (χ0v) is 50.5. The summed E-state index contributed by atoms with van der Waals surface area (Å²) in [5.74, 6) is -1.77. The minimum atomic E-state index is -4.64. The van der Waals surface area contributed by atoms with E-state index >= 15 is 0 Å². The number of H-pyrrole nitrogens is 1. The number of fused-ring (bicyclic) bond motifs is 2. The fourth-order valence-electron chi connectivity index (χ4n) is 12.4. The summed E-state index contributed by atoms with van der Waals surface area (Å²) in [7, 11) is -4.64. The van der Waals surface area contributed by atoms with E-state index < -0.39 is 61.1 Å². The molecule has 4 N–H and O–H groups in total. The molecule has 20 nitrogen and oxygen atoms in total. The first-order chi connectivity index (χ1) is 41.4. The summed E-state index contributed by atoms with van der Waals surface area (Å²) in [5, 5.41) is 19.5. The number of halogens is 1. The lowest BCUT2D eigenvalue weighted by Gasteiger charge is -2.39. The smallest absolute Gasteiger partial charge is 0.293 e. The van der Waals surface area contributed by atoms with E-state index in [9.17, 15) is 42.5 Å². The number of allylic oxidation sites excluding steroid dienone is 1. The number of carbonyl (C=O) groups excluding carboxylic acids is 5. The molecule has 11 rings (SSSR count). The summed E-state index contributed by atoms with van der Waals surface area (Å²) in [5.41, 5.74) is 5.91. The molecule has 1 aliphatic carbocycles. The van der Waals surface area contributed by atoms with E-state index in [0.29, 0.717) is 52.3 Å². The molecule has 23 heteroatoms. The van der Waals surface area contributed by atoms with Crippen LogP contribution in [0.5, 0.6) is 11.5 Å². The third-order valence-electron chi connectivity index (χ3n) is 17.0. The minimum Gasteiger partial charge on any atom is -0.455 e. The highest BCUT2D eigenvalue weighted by molar-refractivity contribution is 7.99. The van der Waals surface area contributed by atoms with Gasteiger partial charge in [0.2, 0.25) is 11.8 Å². The third-order valence-corrected chi connectivity index (χ3v) is 19.8. The molecule has 6 aromatic rings. The number of sulfonamides is 1. The summed E-state index contributed by atoms with van der Waals surface area (Å²) in [6.07, 6.45) is 11.1. The average Bonchev–Trinajstić information content (AvgIpc) is 1.75. The number of unbranched alkanes of at least 4 members (excludes halogenated alkanes) is 2. The molecule has 2 unspecified atom stereocenters. The Hall–Kier alpha value is -7.63. The number of nitrogens with one attached hydrogen (secondary N) is 4. The minimum absolute atomic E-state index is 0.0535. The van der Waals surface area contributed by atoms with Crippen LogP contribution in [-0.2, 0) is 19.6 Å². The number of hydrogen-bond acceptors (Lipinski definition) is 16. The Morgan fingerprint density at radius 3 is 2.51 bits per heavy atom. The molecule has 0 bridgehead atoms. The van der Waals surface area contributed by atoms with Gasteiger partial charge in [-0.05, 0) is 153 Å². The predicted molar refractivity (Wildman–Crippen MR) is 330 cm³/mol. The van der Waals surface area contributed by atoms with Gasteiger partial charge in [0.15, 0.2) is 0 Å². The van der Waals surface area contributed by atoms with Crippen LogP contribution >= 0.6 is 23.4 Å². The maximum atomic E-state index is 14.2. The number of aromatic amines is 1. The van der Waals surface area contributed by atoms with E-state index in [2.05, 4.69) is 66.0 Å². The highest BCUT2D eigenvalue weighted by Gasteiger charge is 2.46. The van der Waals surface area contributed by atoms with Crippen molar-refractivity contribution < 1.29 is 42.1 Å². The summed E-state index contributed by atoms with van der Waals surface area (Å²) >= 11 is 7.77. The number of anilines is 2. The van der Waals surface area contributed by atoms with Gasteiger partial charge in [-0.1, -0.05) is 55.6 Å². The molecule has 5 amide bonds. The van der Waals surface area contributed by atoms with Gasteiger partial charge in [-0.3, -0.25) is 49.2 Å². The lowest BCUT2D eigenvalue weighted by molar-refractivity contribution is -0.384. The van der Waals surface area contributed by atoms with Crippen molar-refractivity contribution in [1.29, 1.82) is 0 Å². The molecule has 4 aliphatic heterocycles. The topological polar surface area (TPSA) is 250 Å². The summed E-state index contributed by atoms with van der Waals surface area (Å²) in [6.45, 7) is 11.5. The molecule has 0 saturated carbocycles. The van der Waals surface area contributed by atoms with Gasteiger partial charge in [0, 0.05) is 91.6 Å². The van der Waals surface area contributed by atoms with Crippen LogP contribution in [0.2, 0.25) is 5.02 Å². The molecular formula is C63H69ClN10O10S2. The molecule has 6 heterocycles. The Bertz CT molecular complexity index is 3770. The van der Waals surface area contributed by atoms with E-state index in [0.717, 1.165) is 113 Å². The maximum absolute atomic E-state index is 14.2. The predicted octanol–water partition coefficient (Wildman–Crippen LogP) is 10.3. The van der Waals surface area contributed by atoms with Crippen LogP contribution in [0.25, 0.3) is 16.6 Å². The van der Waals surface area contributed by atoms with E-state index in [1.54, 1.807) is 36.5 Å². The SMILES string of the molecule is CC1(C)CCC(CN2CCN(c3ccc(C(=O)NS(=O)(=O)c4ccc(NCC5CCCN(CCCCCSc6cccc7c6C(=O)N(C6CCC(=O)NC6=O)C7=O)C5)c([N+](=O)[O-])c4)c(Oc4cnc5[nH]ccc5c4)c3)CC2)=C(c2ccc(Cl)cc2)C1. The van der Waals surface area contributed by atoms with Gasteiger partial charge in [-0.15, -0.1) is 11.8 Å². The van der Waals surface area contributed by atoms with Gasteiger partial charge in [-0.25, -0.2) is 18.1 Å². The van der Waals surface area contributed by atoms with Gasteiger partial charge in [0.1, 0.15) is 28.9 Å². The highest BCUT2D eigenvalue weighted by Crippen LogP contribution is 2.44. The van der Waals surface area contributed by atoms with Crippen LogP contribution in [0.3, 0.4) is 0 Å². The Morgan fingerprint density at radius 1 is 0.907 bits per heavy atom. The van der Waals surface area contributed by atoms with Crippen LogP contribution in [0, 0.1) is 21.4 Å². The summed E-state index contributed by atoms with van der Waals surface area (Å²) in [6, 6.07) is 24.5. The number of nitro benzene ring substituents is 1. The van der Waals surface area contributed by atoms with Gasteiger partial charge < -0.3 is 24.8 Å². The number of piperidine rings is 2. The average molecular weight is 1230 g/mol. The van der Waals surface area contributed by atoms with Crippen molar-refractivity contribution in [2.24, 2.45) is 11.3 Å². The number of likely N-dealkylation sites (tertiary alicyclic amines) is 1. The zero-order chi connectivity index (χ0) is 60.3. The van der Waals surface area contributed by atoms with Gasteiger partial charge >= 0.3 is 0 Å². The number of hydrogen-bond donors (Lipinski definition) is 4. The third kappa shape index (κ3) is 13.6. The molecule has 0 spiro atoms. The first-order valence-corrected chi connectivity index (χ1v) is 32.2. The van der Waals surface area contributed by atoms with Crippen molar-refractivity contribution >= 4 is 96.6 Å². The van der Waals surface area contributed by atoms with Crippen LogP contribution in [0.1, 0.15) is 115 Å². The fraction of sp³-hybridized carbons (Fsp3) is 0.397. The molecule has 4 aromatic carbocycles. The second-order valence-corrected chi connectivity index (χ2v) is 26.9. The Morgan fingerprint density at radius 2 is 1.72 bits per heavy atom. The second-order valence-electron chi connectivity index (χ2n) is 23.7. The monoisotopic (exact) mass is 1220 g/mol. The number of imide groups is 2. The van der Waals surface area contributed by atoms with Crippen LogP contribution in [0.15, 0.2) is 119 Å². The van der Waals surface area contributed by atoms with E-state index in [4.69, 9.17) is 16.3 Å². The van der Waals surface area contributed by atoms with E-state index in [1.807, 2.05) is 24.3 Å².